The molecule has 0 radical (unpaired) electrons. The summed E-state index contributed by atoms with van der Waals surface area (Å²) in [4.78, 5) is 24.5. The lowest BCUT2D eigenvalue weighted by molar-refractivity contribution is -0.146. The second-order valence-electron chi connectivity index (χ2n) is 11.6. The summed E-state index contributed by atoms with van der Waals surface area (Å²) in [6.07, 6.45) is 18.9. The van der Waals surface area contributed by atoms with E-state index in [2.05, 4.69) is 45.6 Å². The number of hydrogen-bond acceptors (Lipinski definition) is 4. The Kier molecular flexibility index (Phi) is 9.48. The topological polar surface area (TPSA) is 54.4 Å². The highest BCUT2D eigenvalue weighted by Gasteiger charge is 2.55. The predicted molar refractivity (Wildman–Crippen MR) is 144 cm³/mol. The first-order valence-corrected chi connectivity index (χ1v) is 14.6. The van der Waals surface area contributed by atoms with Crippen molar-refractivity contribution in [2.75, 3.05) is 11.5 Å². The SMILES string of the molecule is C=C1CCC(C)C(CCC2(C)CCC[C@]2(O)C(=O)CSCCC2=CCCC=C2)C1(C)CCC=O. The second-order valence-corrected chi connectivity index (χ2v) is 12.8. The van der Waals surface area contributed by atoms with Crippen molar-refractivity contribution in [1.29, 1.82) is 0 Å². The maximum atomic E-state index is 13.3. The van der Waals surface area contributed by atoms with Gasteiger partial charge in [0.05, 0.1) is 5.75 Å². The summed E-state index contributed by atoms with van der Waals surface area (Å²) in [6.45, 7) is 11.2. The molecule has 3 aliphatic carbocycles. The number of thioether (sulfide) groups is 1. The van der Waals surface area contributed by atoms with Crippen LogP contribution in [0.2, 0.25) is 0 Å². The third-order valence-electron chi connectivity index (χ3n) is 9.57. The van der Waals surface area contributed by atoms with Crippen LogP contribution in [0.3, 0.4) is 0 Å². The summed E-state index contributed by atoms with van der Waals surface area (Å²) in [7, 11) is 0. The van der Waals surface area contributed by atoms with Gasteiger partial charge in [0.2, 0.25) is 0 Å². The Labute approximate surface area is 211 Å². The van der Waals surface area contributed by atoms with E-state index in [0.717, 1.165) is 76.2 Å². The Hall–Kier alpha value is -1.13. The van der Waals surface area contributed by atoms with Crippen LogP contribution in [0.4, 0.5) is 0 Å². The number of aliphatic hydroxyl groups is 1. The maximum absolute atomic E-state index is 13.3. The van der Waals surface area contributed by atoms with Crippen LogP contribution in [0.15, 0.2) is 36.0 Å². The van der Waals surface area contributed by atoms with E-state index in [0.29, 0.717) is 30.4 Å². The molecule has 4 unspecified atom stereocenters. The Morgan fingerprint density at radius 1 is 1.26 bits per heavy atom. The molecule has 3 rings (SSSR count). The van der Waals surface area contributed by atoms with Gasteiger partial charge in [-0.15, -0.1) is 0 Å². The molecule has 4 heteroatoms. The van der Waals surface area contributed by atoms with E-state index in [1.165, 1.54) is 11.1 Å². The number of hydrogen-bond donors (Lipinski definition) is 1. The van der Waals surface area contributed by atoms with Crippen molar-refractivity contribution in [3.63, 3.8) is 0 Å². The van der Waals surface area contributed by atoms with E-state index in [1.807, 2.05) is 0 Å². The molecule has 0 saturated heterocycles. The number of aldehydes is 1. The fourth-order valence-corrected chi connectivity index (χ4v) is 7.90. The Bertz CT molecular complexity index is 814. The number of allylic oxidation sites excluding steroid dienone is 5. The molecule has 0 aromatic carbocycles. The molecule has 5 atom stereocenters. The van der Waals surface area contributed by atoms with Crippen LogP contribution >= 0.6 is 11.8 Å². The van der Waals surface area contributed by atoms with Gasteiger partial charge in [-0.3, -0.25) is 4.79 Å². The molecule has 3 nitrogen and oxygen atoms in total. The molecule has 3 aliphatic rings. The highest BCUT2D eigenvalue weighted by molar-refractivity contribution is 7.99. The molecule has 1 N–H and O–H groups in total. The summed E-state index contributed by atoms with van der Waals surface area (Å²) >= 11 is 1.67. The first kappa shape index (κ1) is 27.5. The van der Waals surface area contributed by atoms with Crippen molar-refractivity contribution in [2.45, 2.75) is 103 Å². The van der Waals surface area contributed by atoms with Gasteiger partial charge in [0.15, 0.2) is 5.78 Å². The standard InChI is InChI=1S/C30H46O3S/c1-23-12-13-24(2)29(4,17-9-20-31)26(23)14-19-28(3)16-8-18-30(28,33)27(32)22-34-21-15-25-10-6-5-7-11-25/h6,10-11,20,23,26,33H,2,5,7-9,12-19,21-22H2,1,3-4H3/t23?,26?,28?,29?,30-/m0/s1. The molecule has 0 amide bonds. The van der Waals surface area contributed by atoms with Crippen LogP contribution < -0.4 is 0 Å². The molecule has 190 valence electrons. The Morgan fingerprint density at radius 3 is 2.76 bits per heavy atom. The predicted octanol–water partition coefficient (Wildman–Crippen LogP) is 7.24. The van der Waals surface area contributed by atoms with Gasteiger partial charge in [-0.1, -0.05) is 56.7 Å². The third-order valence-corrected chi connectivity index (χ3v) is 10.5. The number of carbonyl (C=O) groups excluding carboxylic acids is 2. The van der Waals surface area contributed by atoms with E-state index in [1.54, 1.807) is 11.8 Å². The van der Waals surface area contributed by atoms with Crippen molar-refractivity contribution in [3.05, 3.63) is 36.0 Å². The number of ketones is 1. The highest BCUT2D eigenvalue weighted by atomic mass is 32.2. The van der Waals surface area contributed by atoms with E-state index in [4.69, 9.17) is 0 Å². The maximum Gasteiger partial charge on any atom is 0.174 e. The minimum absolute atomic E-state index is 0.0236. The van der Waals surface area contributed by atoms with Crippen molar-refractivity contribution >= 4 is 23.8 Å². The number of Topliss-reactive ketones (excluding diaryl/α,β-unsaturated/α-hetero) is 1. The average Bonchev–Trinajstić information content (AvgIpc) is 3.13. The quantitative estimate of drug-likeness (QED) is 0.179. The van der Waals surface area contributed by atoms with Crippen LogP contribution in [-0.4, -0.2) is 34.3 Å². The van der Waals surface area contributed by atoms with Crippen molar-refractivity contribution < 1.29 is 14.7 Å². The van der Waals surface area contributed by atoms with Gasteiger partial charge in [-0.25, -0.2) is 0 Å². The molecule has 34 heavy (non-hydrogen) atoms. The van der Waals surface area contributed by atoms with Crippen LogP contribution in [0.1, 0.15) is 97.8 Å². The highest BCUT2D eigenvalue weighted by Crippen LogP contribution is 2.56. The molecule has 0 heterocycles. The fourth-order valence-electron chi connectivity index (χ4n) is 6.96. The molecule has 0 aromatic rings. The van der Waals surface area contributed by atoms with Crippen LogP contribution in [0, 0.1) is 22.7 Å². The van der Waals surface area contributed by atoms with Gasteiger partial charge in [0.25, 0.3) is 0 Å². The molecule has 2 fully saturated rings. The zero-order valence-corrected chi connectivity index (χ0v) is 22.6. The Morgan fingerprint density at radius 2 is 2.06 bits per heavy atom. The van der Waals surface area contributed by atoms with Crippen molar-refractivity contribution in [1.82, 2.24) is 0 Å². The van der Waals surface area contributed by atoms with Crippen LogP contribution in [0.25, 0.3) is 0 Å². The minimum Gasteiger partial charge on any atom is -0.381 e. The molecule has 0 aliphatic heterocycles. The summed E-state index contributed by atoms with van der Waals surface area (Å²) in [5.74, 6) is 2.35. The number of carbonyl (C=O) groups is 2. The molecular weight excluding hydrogens is 440 g/mol. The van der Waals surface area contributed by atoms with Crippen LogP contribution in [-0.2, 0) is 9.59 Å². The van der Waals surface area contributed by atoms with Gasteiger partial charge in [0.1, 0.15) is 11.9 Å². The molecule has 0 aromatic heterocycles. The lowest BCUT2D eigenvalue weighted by Gasteiger charge is -2.49. The van der Waals surface area contributed by atoms with E-state index in [-0.39, 0.29) is 16.6 Å². The Balaban J connectivity index is 1.61. The third kappa shape index (κ3) is 5.81. The normalized spacial score (nSPS) is 35.9. The average molecular weight is 487 g/mol. The zero-order chi connectivity index (χ0) is 24.8. The van der Waals surface area contributed by atoms with Gasteiger partial charge < -0.3 is 9.90 Å². The van der Waals surface area contributed by atoms with Gasteiger partial charge in [-0.05, 0) is 93.6 Å². The van der Waals surface area contributed by atoms with E-state index >= 15 is 0 Å². The monoisotopic (exact) mass is 486 g/mol. The van der Waals surface area contributed by atoms with Crippen LogP contribution in [0.5, 0.6) is 0 Å². The van der Waals surface area contributed by atoms with Crippen molar-refractivity contribution in [3.8, 4) is 0 Å². The molecule has 0 bridgehead atoms. The smallest absolute Gasteiger partial charge is 0.174 e. The summed E-state index contributed by atoms with van der Waals surface area (Å²) in [5, 5.41) is 11.7. The summed E-state index contributed by atoms with van der Waals surface area (Å²) in [5.41, 5.74) is 1.03. The summed E-state index contributed by atoms with van der Waals surface area (Å²) < 4.78 is 0. The largest absolute Gasteiger partial charge is 0.381 e. The second kappa shape index (κ2) is 11.7. The number of rotatable bonds is 12. The molecule has 0 spiro atoms. The lowest BCUT2D eigenvalue weighted by Crippen LogP contribution is -2.50. The van der Waals surface area contributed by atoms with Gasteiger partial charge >= 0.3 is 0 Å². The molecule has 2 saturated carbocycles. The summed E-state index contributed by atoms with van der Waals surface area (Å²) in [6, 6.07) is 0. The lowest BCUT2D eigenvalue weighted by atomic mass is 9.56. The zero-order valence-electron chi connectivity index (χ0n) is 21.7. The first-order valence-electron chi connectivity index (χ1n) is 13.5. The fraction of sp³-hybridized carbons (Fsp3) is 0.733. The molecular formula is C30H46O3S. The van der Waals surface area contributed by atoms with Gasteiger partial charge in [-0.2, -0.15) is 11.8 Å². The van der Waals surface area contributed by atoms with Crippen molar-refractivity contribution in [2.24, 2.45) is 22.7 Å². The minimum atomic E-state index is -1.21. The van der Waals surface area contributed by atoms with E-state index < -0.39 is 5.60 Å². The van der Waals surface area contributed by atoms with E-state index in [9.17, 15) is 14.7 Å². The van der Waals surface area contributed by atoms with Gasteiger partial charge in [0, 0.05) is 11.8 Å². The first-order chi connectivity index (χ1) is 16.2.